The van der Waals surface area contributed by atoms with E-state index < -0.39 is 0 Å². The number of nitrogens with zero attached hydrogens (tertiary/aromatic N) is 1. The highest BCUT2D eigenvalue weighted by Crippen LogP contribution is 2.33. The number of anilines is 2. The molecule has 1 fully saturated rings. The number of halogens is 2. The minimum absolute atomic E-state index is 0.252. The summed E-state index contributed by atoms with van der Waals surface area (Å²) in [7, 11) is 0. The van der Waals surface area contributed by atoms with Crippen LogP contribution in [0, 0.1) is 5.82 Å². The summed E-state index contributed by atoms with van der Waals surface area (Å²) in [5.41, 5.74) is 7.35. The average Bonchev–Trinajstić information content (AvgIpc) is 2.58. The van der Waals surface area contributed by atoms with E-state index in [1.54, 1.807) is 6.07 Å². The molecule has 0 unspecified atom stereocenters. The molecule has 0 saturated carbocycles. The number of rotatable bonds is 1. The molecule has 82 valence electrons. The van der Waals surface area contributed by atoms with Gasteiger partial charge in [0, 0.05) is 18.7 Å². The van der Waals surface area contributed by atoms with Gasteiger partial charge in [-0.25, -0.2) is 4.39 Å². The molecule has 1 aliphatic heterocycles. The molecule has 0 aliphatic carbocycles. The van der Waals surface area contributed by atoms with E-state index in [1.165, 1.54) is 6.07 Å². The zero-order valence-corrected chi connectivity index (χ0v) is 10.2. The molecule has 15 heavy (non-hydrogen) atoms. The lowest BCUT2D eigenvalue weighted by atomic mass is 10.2. The largest absolute Gasteiger partial charge is 0.397 e. The van der Waals surface area contributed by atoms with Crippen LogP contribution in [0.2, 0.25) is 0 Å². The predicted octanol–water partition coefficient (Wildman–Crippen LogP) is 3.16. The van der Waals surface area contributed by atoms with Crippen molar-refractivity contribution in [3.8, 4) is 0 Å². The maximum absolute atomic E-state index is 13.4. The van der Waals surface area contributed by atoms with E-state index in [2.05, 4.69) is 27.8 Å². The second-order valence-corrected chi connectivity index (χ2v) is 4.86. The quantitative estimate of drug-likeness (QED) is 0.796. The second-order valence-electron chi connectivity index (χ2n) is 4.01. The highest BCUT2D eigenvalue weighted by Gasteiger charge is 2.23. The van der Waals surface area contributed by atoms with E-state index in [1.807, 2.05) is 0 Å². The van der Waals surface area contributed by atoms with Crippen LogP contribution in [0.3, 0.4) is 0 Å². The molecule has 0 amide bonds. The monoisotopic (exact) mass is 272 g/mol. The third-order valence-corrected chi connectivity index (χ3v) is 3.54. The topological polar surface area (TPSA) is 29.3 Å². The number of nitrogen functional groups attached to an aromatic ring is 1. The SMILES string of the molecule is C[C@@H]1CCCN1c1cc(F)c(Br)cc1N. The summed E-state index contributed by atoms with van der Waals surface area (Å²) in [5, 5.41) is 0. The average molecular weight is 273 g/mol. The molecule has 0 bridgehead atoms. The normalized spacial score (nSPS) is 21.0. The molecule has 1 saturated heterocycles. The molecule has 1 aromatic carbocycles. The smallest absolute Gasteiger partial charge is 0.139 e. The van der Waals surface area contributed by atoms with Crippen molar-refractivity contribution in [3.05, 3.63) is 22.4 Å². The van der Waals surface area contributed by atoms with Gasteiger partial charge in [0.25, 0.3) is 0 Å². The first-order valence-corrected chi connectivity index (χ1v) is 5.90. The molecular formula is C11H14BrFN2. The van der Waals surface area contributed by atoms with E-state index in [0.29, 0.717) is 16.2 Å². The van der Waals surface area contributed by atoms with E-state index in [9.17, 15) is 4.39 Å². The van der Waals surface area contributed by atoms with Crippen LogP contribution in [0.25, 0.3) is 0 Å². The summed E-state index contributed by atoms with van der Waals surface area (Å²) in [5.74, 6) is -0.252. The molecule has 2 N–H and O–H groups in total. The third kappa shape index (κ3) is 1.95. The Morgan fingerprint density at radius 2 is 2.27 bits per heavy atom. The molecule has 0 radical (unpaired) electrons. The van der Waals surface area contributed by atoms with Crippen molar-refractivity contribution in [1.82, 2.24) is 0 Å². The van der Waals surface area contributed by atoms with E-state index >= 15 is 0 Å². The van der Waals surface area contributed by atoms with Gasteiger partial charge in [-0.3, -0.25) is 0 Å². The predicted molar refractivity (Wildman–Crippen MR) is 64.6 cm³/mol. The lowest BCUT2D eigenvalue weighted by molar-refractivity contribution is 0.619. The lowest BCUT2D eigenvalue weighted by Crippen LogP contribution is -2.27. The minimum Gasteiger partial charge on any atom is -0.397 e. The van der Waals surface area contributed by atoms with Gasteiger partial charge < -0.3 is 10.6 Å². The molecule has 1 aliphatic rings. The van der Waals surface area contributed by atoms with Gasteiger partial charge in [0.1, 0.15) is 5.82 Å². The maximum atomic E-state index is 13.4. The van der Waals surface area contributed by atoms with Crippen LogP contribution in [0.1, 0.15) is 19.8 Å². The Kier molecular flexibility index (Phi) is 2.87. The maximum Gasteiger partial charge on any atom is 0.139 e. The second kappa shape index (κ2) is 4.00. The fourth-order valence-electron chi connectivity index (χ4n) is 2.09. The Bertz CT molecular complexity index is 381. The number of nitrogens with two attached hydrogens (primary N) is 1. The molecule has 2 rings (SSSR count). The van der Waals surface area contributed by atoms with Crippen LogP contribution in [0.5, 0.6) is 0 Å². The highest BCUT2D eigenvalue weighted by molar-refractivity contribution is 9.10. The first-order chi connectivity index (χ1) is 7.09. The Balaban J connectivity index is 2.39. The van der Waals surface area contributed by atoms with Gasteiger partial charge in [-0.15, -0.1) is 0 Å². The summed E-state index contributed by atoms with van der Waals surface area (Å²) >= 11 is 3.13. The van der Waals surface area contributed by atoms with Gasteiger partial charge in [-0.2, -0.15) is 0 Å². The van der Waals surface area contributed by atoms with Gasteiger partial charge >= 0.3 is 0 Å². The summed E-state index contributed by atoms with van der Waals surface area (Å²) in [4.78, 5) is 2.17. The number of hydrogen-bond acceptors (Lipinski definition) is 2. The van der Waals surface area contributed by atoms with Crippen LogP contribution < -0.4 is 10.6 Å². The van der Waals surface area contributed by atoms with E-state index in [-0.39, 0.29) is 5.82 Å². The summed E-state index contributed by atoms with van der Waals surface area (Å²) in [6.45, 7) is 3.11. The van der Waals surface area contributed by atoms with Crippen molar-refractivity contribution < 1.29 is 4.39 Å². The molecular weight excluding hydrogens is 259 g/mol. The molecule has 0 spiro atoms. The Hall–Kier alpha value is -0.770. The minimum atomic E-state index is -0.252. The zero-order chi connectivity index (χ0) is 11.0. The summed E-state index contributed by atoms with van der Waals surface area (Å²) in [6.07, 6.45) is 2.30. The first-order valence-electron chi connectivity index (χ1n) is 5.10. The molecule has 1 heterocycles. The Morgan fingerprint density at radius 3 is 2.87 bits per heavy atom. The molecule has 1 aromatic rings. The van der Waals surface area contributed by atoms with Crippen LogP contribution in [-0.2, 0) is 0 Å². The number of hydrogen-bond donors (Lipinski definition) is 1. The zero-order valence-electron chi connectivity index (χ0n) is 8.63. The van der Waals surface area contributed by atoms with Gasteiger partial charge in [-0.1, -0.05) is 0 Å². The van der Waals surface area contributed by atoms with Gasteiger partial charge in [0.2, 0.25) is 0 Å². The van der Waals surface area contributed by atoms with Crippen LogP contribution in [0.4, 0.5) is 15.8 Å². The summed E-state index contributed by atoms with van der Waals surface area (Å²) < 4.78 is 13.8. The molecule has 4 heteroatoms. The Labute approximate surface area is 97.4 Å². The lowest BCUT2D eigenvalue weighted by Gasteiger charge is -2.25. The van der Waals surface area contributed by atoms with Crippen molar-refractivity contribution in [2.45, 2.75) is 25.8 Å². The third-order valence-electron chi connectivity index (χ3n) is 2.93. The van der Waals surface area contributed by atoms with Crippen LogP contribution >= 0.6 is 15.9 Å². The van der Waals surface area contributed by atoms with Crippen molar-refractivity contribution in [1.29, 1.82) is 0 Å². The fraction of sp³-hybridized carbons (Fsp3) is 0.455. The van der Waals surface area contributed by atoms with Crippen molar-refractivity contribution in [2.24, 2.45) is 0 Å². The van der Waals surface area contributed by atoms with Crippen LogP contribution in [0.15, 0.2) is 16.6 Å². The number of benzene rings is 1. The van der Waals surface area contributed by atoms with Gasteiger partial charge in [0.15, 0.2) is 0 Å². The highest BCUT2D eigenvalue weighted by atomic mass is 79.9. The molecule has 1 atom stereocenters. The van der Waals surface area contributed by atoms with Crippen molar-refractivity contribution in [3.63, 3.8) is 0 Å². The summed E-state index contributed by atoms with van der Waals surface area (Å²) in [6, 6.07) is 3.60. The van der Waals surface area contributed by atoms with Crippen molar-refractivity contribution >= 4 is 27.3 Å². The standard InChI is InChI=1S/C11H14BrFN2/c1-7-3-2-4-15(7)11-6-9(13)8(12)5-10(11)14/h5-7H,2-4,14H2,1H3/t7-/m1/s1. The van der Waals surface area contributed by atoms with E-state index in [4.69, 9.17) is 5.73 Å². The molecule has 2 nitrogen and oxygen atoms in total. The first kappa shape index (κ1) is 10.7. The van der Waals surface area contributed by atoms with Crippen LogP contribution in [-0.4, -0.2) is 12.6 Å². The van der Waals surface area contributed by atoms with Gasteiger partial charge in [0.05, 0.1) is 15.8 Å². The van der Waals surface area contributed by atoms with Gasteiger partial charge in [-0.05, 0) is 41.8 Å². The van der Waals surface area contributed by atoms with E-state index in [0.717, 1.165) is 25.1 Å². The Morgan fingerprint density at radius 1 is 1.53 bits per heavy atom. The molecule has 0 aromatic heterocycles. The van der Waals surface area contributed by atoms with Crippen molar-refractivity contribution in [2.75, 3.05) is 17.2 Å². The fourth-order valence-corrected chi connectivity index (χ4v) is 2.45.